The van der Waals surface area contributed by atoms with E-state index in [0.717, 1.165) is 12.2 Å². The summed E-state index contributed by atoms with van der Waals surface area (Å²) < 4.78 is 0. The largest absolute Gasteiger partial charge is 0.319 e. The number of thioether (sulfide) groups is 1. The van der Waals surface area contributed by atoms with Crippen LogP contribution in [0.5, 0.6) is 0 Å². The Morgan fingerprint density at radius 1 is 1.57 bits per heavy atom. The Labute approximate surface area is 49.7 Å². The van der Waals surface area contributed by atoms with E-state index < -0.39 is 0 Å². The minimum atomic E-state index is 0.366. The van der Waals surface area contributed by atoms with Gasteiger partial charge in [-0.25, -0.2) is 0 Å². The Kier molecular flexibility index (Phi) is 4.67. The Hall–Kier alpha value is 0.310. The molecule has 0 aliphatic rings. The van der Waals surface area contributed by atoms with Gasteiger partial charge in [-0.3, -0.25) is 0 Å². The first kappa shape index (κ1) is 7.31. The third kappa shape index (κ3) is 4.16. The minimum absolute atomic E-state index is 0.366. The summed E-state index contributed by atoms with van der Waals surface area (Å²) in [5, 5.41) is 0.366. The fraction of sp³-hybridized carbons (Fsp3) is 1.00. The van der Waals surface area contributed by atoms with Crippen LogP contribution in [0, 0.1) is 0 Å². The molecule has 0 amide bonds. The van der Waals surface area contributed by atoms with Crippen molar-refractivity contribution in [2.24, 2.45) is 5.73 Å². The van der Waals surface area contributed by atoms with Gasteiger partial charge >= 0.3 is 0 Å². The molecular weight excluding hydrogens is 106 g/mol. The second-order valence-electron chi connectivity index (χ2n) is 1.40. The van der Waals surface area contributed by atoms with E-state index in [0.29, 0.717) is 5.37 Å². The van der Waals surface area contributed by atoms with Gasteiger partial charge in [0.1, 0.15) is 0 Å². The summed E-state index contributed by atoms with van der Waals surface area (Å²) in [4.78, 5) is 0. The molecule has 0 aromatic carbocycles. The van der Waals surface area contributed by atoms with E-state index in [9.17, 15) is 0 Å². The molecule has 0 spiro atoms. The first-order valence-corrected chi connectivity index (χ1v) is 3.73. The molecule has 1 atom stereocenters. The molecule has 0 radical (unpaired) electrons. The number of nitrogens with two attached hydrogens (primary N) is 1. The van der Waals surface area contributed by atoms with Crippen molar-refractivity contribution in [3.63, 3.8) is 0 Å². The van der Waals surface area contributed by atoms with Crippen molar-refractivity contribution in [2.75, 3.05) is 5.75 Å². The highest BCUT2D eigenvalue weighted by atomic mass is 32.2. The number of hydrogen-bond acceptors (Lipinski definition) is 2. The zero-order chi connectivity index (χ0) is 5.70. The fourth-order valence-electron chi connectivity index (χ4n) is 0.332. The summed E-state index contributed by atoms with van der Waals surface area (Å²) in [6, 6.07) is 0. The van der Waals surface area contributed by atoms with Crippen molar-refractivity contribution in [2.45, 2.75) is 25.6 Å². The second kappa shape index (κ2) is 4.47. The predicted molar refractivity (Wildman–Crippen MR) is 36.4 cm³/mol. The topological polar surface area (TPSA) is 26.0 Å². The lowest BCUT2D eigenvalue weighted by Crippen LogP contribution is -2.13. The lowest BCUT2D eigenvalue weighted by molar-refractivity contribution is 0.869. The normalized spacial score (nSPS) is 14.1. The highest BCUT2D eigenvalue weighted by Gasteiger charge is 1.92. The van der Waals surface area contributed by atoms with Crippen LogP contribution in [-0.2, 0) is 0 Å². The summed E-state index contributed by atoms with van der Waals surface area (Å²) >= 11 is 1.81. The van der Waals surface area contributed by atoms with Crippen LogP contribution in [-0.4, -0.2) is 11.1 Å². The van der Waals surface area contributed by atoms with E-state index in [1.165, 1.54) is 0 Å². The Balaban J connectivity index is 2.83. The molecule has 0 aromatic heterocycles. The van der Waals surface area contributed by atoms with Crippen molar-refractivity contribution in [3.05, 3.63) is 0 Å². The minimum Gasteiger partial charge on any atom is -0.319 e. The van der Waals surface area contributed by atoms with Crippen molar-refractivity contribution in [3.8, 4) is 0 Å². The molecule has 44 valence electrons. The average Bonchev–Trinajstić information content (AvgIpc) is 1.68. The molecule has 2 heteroatoms. The first-order valence-electron chi connectivity index (χ1n) is 2.68. The van der Waals surface area contributed by atoms with Gasteiger partial charge in [-0.2, -0.15) is 0 Å². The Morgan fingerprint density at radius 2 is 2.14 bits per heavy atom. The van der Waals surface area contributed by atoms with E-state index in [4.69, 9.17) is 5.73 Å². The highest BCUT2D eigenvalue weighted by Crippen LogP contribution is 2.06. The summed E-state index contributed by atoms with van der Waals surface area (Å²) in [5.74, 6) is 1.13. The van der Waals surface area contributed by atoms with Gasteiger partial charge in [-0.15, -0.1) is 11.8 Å². The molecule has 0 saturated carbocycles. The molecule has 7 heavy (non-hydrogen) atoms. The molecular formula is C5H13NS. The van der Waals surface area contributed by atoms with Crippen molar-refractivity contribution < 1.29 is 0 Å². The maximum atomic E-state index is 5.55. The predicted octanol–water partition coefficient (Wildman–Crippen LogP) is 1.43. The fourth-order valence-corrected chi connectivity index (χ4v) is 0.996. The van der Waals surface area contributed by atoms with E-state index in [1.807, 2.05) is 11.8 Å². The number of rotatable bonds is 3. The van der Waals surface area contributed by atoms with Gasteiger partial charge in [0, 0.05) is 0 Å². The highest BCUT2D eigenvalue weighted by molar-refractivity contribution is 7.99. The van der Waals surface area contributed by atoms with Crippen molar-refractivity contribution in [1.82, 2.24) is 0 Å². The van der Waals surface area contributed by atoms with Crippen LogP contribution in [0.1, 0.15) is 20.3 Å². The summed E-state index contributed by atoms with van der Waals surface area (Å²) in [6.07, 6.45) is 1.08. The van der Waals surface area contributed by atoms with E-state index in [2.05, 4.69) is 13.8 Å². The summed E-state index contributed by atoms with van der Waals surface area (Å²) in [6.45, 7) is 4.23. The van der Waals surface area contributed by atoms with Crippen LogP contribution in [0.2, 0.25) is 0 Å². The molecule has 0 fully saturated rings. The molecule has 0 heterocycles. The van der Waals surface area contributed by atoms with Gasteiger partial charge in [0.2, 0.25) is 0 Å². The maximum absolute atomic E-state index is 5.55. The zero-order valence-corrected chi connectivity index (χ0v) is 5.79. The molecule has 1 nitrogen and oxygen atoms in total. The summed E-state index contributed by atoms with van der Waals surface area (Å²) in [5.41, 5.74) is 5.55. The number of hydrogen-bond donors (Lipinski definition) is 1. The van der Waals surface area contributed by atoms with Gasteiger partial charge in [0.25, 0.3) is 0 Å². The molecule has 0 bridgehead atoms. The van der Waals surface area contributed by atoms with Crippen LogP contribution < -0.4 is 5.73 Å². The first-order chi connectivity index (χ1) is 3.31. The molecule has 0 aliphatic heterocycles. The molecule has 0 rings (SSSR count). The van der Waals surface area contributed by atoms with Crippen molar-refractivity contribution >= 4 is 11.8 Å². The van der Waals surface area contributed by atoms with E-state index in [1.54, 1.807) is 0 Å². The monoisotopic (exact) mass is 119 g/mol. The van der Waals surface area contributed by atoms with E-state index >= 15 is 0 Å². The zero-order valence-electron chi connectivity index (χ0n) is 4.98. The van der Waals surface area contributed by atoms with E-state index in [-0.39, 0.29) is 0 Å². The molecule has 2 N–H and O–H groups in total. The Bertz CT molecular complexity index is 39.1. The molecule has 0 saturated heterocycles. The van der Waals surface area contributed by atoms with Gasteiger partial charge in [0.05, 0.1) is 5.37 Å². The summed E-state index contributed by atoms with van der Waals surface area (Å²) in [7, 11) is 0. The third-order valence-electron chi connectivity index (χ3n) is 0.783. The maximum Gasteiger partial charge on any atom is 0.0504 e. The standard InChI is InChI=1S/C5H13NS/c1-3-5(6)7-4-2/h5H,3-4,6H2,1-2H3. The van der Waals surface area contributed by atoms with Crippen molar-refractivity contribution in [1.29, 1.82) is 0 Å². The van der Waals surface area contributed by atoms with Gasteiger partial charge in [0.15, 0.2) is 0 Å². The Morgan fingerprint density at radius 3 is 2.29 bits per heavy atom. The third-order valence-corrected chi connectivity index (χ3v) is 1.88. The van der Waals surface area contributed by atoms with Crippen LogP contribution in [0.4, 0.5) is 0 Å². The van der Waals surface area contributed by atoms with Crippen LogP contribution >= 0.6 is 11.8 Å². The lowest BCUT2D eigenvalue weighted by atomic mass is 10.5. The van der Waals surface area contributed by atoms with Crippen LogP contribution in [0.25, 0.3) is 0 Å². The second-order valence-corrected chi connectivity index (χ2v) is 2.92. The van der Waals surface area contributed by atoms with Gasteiger partial charge in [-0.05, 0) is 12.2 Å². The molecule has 0 aromatic rings. The quantitative estimate of drug-likeness (QED) is 0.569. The SMILES string of the molecule is CCSC(N)CC. The smallest absolute Gasteiger partial charge is 0.0504 e. The average molecular weight is 119 g/mol. The molecule has 0 aliphatic carbocycles. The molecule has 1 unspecified atom stereocenters. The van der Waals surface area contributed by atoms with Gasteiger partial charge < -0.3 is 5.73 Å². The van der Waals surface area contributed by atoms with Gasteiger partial charge in [-0.1, -0.05) is 13.8 Å². The lowest BCUT2D eigenvalue weighted by Gasteiger charge is -2.03. The van der Waals surface area contributed by atoms with Crippen LogP contribution in [0.15, 0.2) is 0 Å². The van der Waals surface area contributed by atoms with Crippen LogP contribution in [0.3, 0.4) is 0 Å².